The van der Waals surface area contributed by atoms with Crippen LogP contribution in [0.25, 0.3) is 0 Å². The molecule has 0 saturated carbocycles. The average Bonchev–Trinajstić information content (AvgIpc) is 2.73. The molecule has 2 atom stereocenters. The highest BCUT2D eigenvalue weighted by Crippen LogP contribution is 2.22. The van der Waals surface area contributed by atoms with Gasteiger partial charge in [-0.25, -0.2) is 4.98 Å². The predicted molar refractivity (Wildman–Crippen MR) is 79.2 cm³/mol. The smallest absolute Gasteiger partial charge is 0.180 e. The second-order valence-electron chi connectivity index (χ2n) is 4.70. The van der Waals surface area contributed by atoms with Crippen molar-refractivity contribution in [2.45, 2.75) is 43.2 Å². The molecule has 1 aromatic heterocycles. The van der Waals surface area contributed by atoms with E-state index in [0.717, 1.165) is 10.6 Å². The zero-order valence-corrected chi connectivity index (χ0v) is 13.7. The molecule has 2 unspecified atom stereocenters. The molecule has 0 spiro atoms. The van der Waals surface area contributed by atoms with Crippen molar-refractivity contribution in [3.8, 4) is 0 Å². The van der Waals surface area contributed by atoms with Crippen LogP contribution in [0.3, 0.4) is 0 Å². The minimum Gasteiger partial charge on any atom is -0.591 e. The molecule has 1 aromatic rings. The fourth-order valence-electron chi connectivity index (χ4n) is 1.05. The van der Waals surface area contributed by atoms with E-state index < -0.39 is 22.2 Å². The number of aromatic nitrogens is 1. The Labute approximate surface area is 118 Å². The van der Waals surface area contributed by atoms with Crippen molar-refractivity contribution in [3.05, 3.63) is 11.1 Å². The highest BCUT2D eigenvalue weighted by molar-refractivity contribution is 7.91. The Morgan fingerprint density at radius 2 is 2.22 bits per heavy atom. The van der Waals surface area contributed by atoms with Gasteiger partial charge in [-0.15, -0.1) is 11.3 Å². The van der Waals surface area contributed by atoms with Gasteiger partial charge in [0, 0.05) is 12.5 Å². The third-order valence-corrected chi connectivity index (χ3v) is 5.89. The summed E-state index contributed by atoms with van der Waals surface area (Å²) in [6.45, 7) is 7.62. The summed E-state index contributed by atoms with van der Waals surface area (Å²) in [5, 5.41) is 0. The summed E-state index contributed by atoms with van der Waals surface area (Å²) in [6.07, 6.45) is 3.93. The van der Waals surface area contributed by atoms with Crippen molar-refractivity contribution in [2.24, 2.45) is 4.40 Å². The van der Waals surface area contributed by atoms with Gasteiger partial charge in [0.2, 0.25) is 0 Å². The van der Waals surface area contributed by atoms with E-state index in [1.54, 1.807) is 12.5 Å². The van der Waals surface area contributed by atoms with Gasteiger partial charge in [0.1, 0.15) is 21.8 Å². The van der Waals surface area contributed by atoms with Crippen molar-refractivity contribution >= 4 is 39.2 Å². The number of thiazole rings is 1. The van der Waals surface area contributed by atoms with Crippen LogP contribution in [-0.4, -0.2) is 30.5 Å². The average molecular weight is 306 g/mol. The van der Waals surface area contributed by atoms with E-state index in [0.29, 0.717) is 10.8 Å². The van der Waals surface area contributed by atoms with E-state index in [-0.39, 0.29) is 4.75 Å². The second-order valence-corrected chi connectivity index (χ2v) is 9.19. The van der Waals surface area contributed by atoms with Crippen molar-refractivity contribution in [2.75, 3.05) is 6.26 Å². The molecule has 0 amide bonds. The normalized spacial score (nSPS) is 16.7. The zero-order chi connectivity index (χ0) is 13.9. The lowest BCUT2D eigenvalue weighted by Gasteiger charge is -2.18. The minimum absolute atomic E-state index is 0.373. The molecule has 0 aliphatic rings. The third kappa shape index (κ3) is 4.15. The first-order valence-electron chi connectivity index (χ1n) is 5.55. The summed E-state index contributed by atoms with van der Waals surface area (Å²) in [4.78, 5) is 4.94. The first-order chi connectivity index (χ1) is 8.25. The minimum atomic E-state index is -1.28. The van der Waals surface area contributed by atoms with Crippen molar-refractivity contribution in [1.82, 2.24) is 4.98 Å². The van der Waals surface area contributed by atoms with Crippen LogP contribution in [0.2, 0.25) is 0 Å². The third-order valence-electron chi connectivity index (χ3n) is 2.07. The summed E-state index contributed by atoms with van der Waals surface area (Å²) in [6, 6.07) is 0. The summed E-state index contributed by atoms with van der Waals surface area (Å²) < 4.78 is 27.8. The maximum Gasteiger partial charge on any atom is 0.180 e. The fraction of sp³-hybridized carbons (Fsp3) is 0.636. The summed E-state index contributed by atoms with van der Waals surface area (Å²) in [7, 11) is -1.08. The van der Waals surface area contributed by atoms with Gasteiger partial charge in [-0.1, -0.05) is 11.3 Å². The summed E-state index contributed by atoms with van der Waals surface area (Å²) in [5.41, 5.74) is 0.762. The van der Waals surface area contributed by atoms with Crippen LogP contribution < -0.4 is 0 Å². The molecule has 1 rings (SSSR count). The quantitative estimate of drug-likeness (QED) is 0.634. The molecule has 0 N–H and O–H groups in total. The van der Waals surface area contributed by atoms with E-state index >= 15 is 0 Å². The molecule has 4 nitrogen and oxygen atoms in total. The van der Waals surface area contributed by atoms with E-state index in [9.17, 15) is 8.76 Å². The van der Waals surface area contributed by atoms with Crippen LogP contribution in [0, 0.1) is 0 Å². The van der Waals surface area contributed by atoms with Crippen LogP contribution in [0.5, 0.6) is 0 Å². The van der Waals surface area contributed by atoms with Crippen molar-refractivity contribution in [1.29, 1.82) is 0 Å². The topological polar surface area (TPSA) is 65.4 Å². The van der Waals surface area contributed by atoms with Crippen LogP contribution >= 0.6 is 11.3 Å². The highest BCUT2D eigenvalue weighted by atomic mass is 32.2. The van der Waals surface area contributed by atoms with E-state index in [2.05, 4.69) is 9.38 Å². The largest absolute Gasteiger partial charge is 0.591 e. The Balaban J connectivity index is 3.02. The van der Waals surface area contributed by atoms with Crippen molar-refractivity contribution in [3.63, 3.8) is 0 Å². The fourth-order valence-corrected chi connectivity index (χ4v) is 3.45. The van der Waals surface area contributed by atoms with Gasteiger partial charge < -0.3 is 4.55 Å². The molecule has 0 bridgehead atoms. The van der Waals surface area contributed by atoms with Crippen LogP contribution in [0.1, 0.15) is 39.0 Å². The zero-order valence-electron chi connectivity index (χ0n) is 11.2. The highest BCUT2D eigenvalue weighted by Gasteiger charge is 2.27. The second kappa shape index (κ2) is 6.27. The Bertz CT molecular complexity index is 463. The predicted octanol–water partition coefficient (Wildman–Crippen LogP) is 2.54. The van der Waals surface area contributed by atoms with Crippen molar-refractivity contribution < 1.29 is 8.76 Å². The van der Waals surface area contributed by atoms with Gasteiger partial charge in [0.05, 0.1) is 15.7 Å². The molecule has 7 heteroatoms. The molecule has 0 aliphatic heterocycles. The van der Waals surface area contributed by atoms with Crippen LogP contribution in [0.4, 0.5) is 0 Å². The lowest BCUT2D eigenvalue weighted by molar-refractivity contribution is 0.561. The molecule has 102 valence electrons. The van der Waals surface area contributed by atoms with Gasteiger partial charge in [0.25, 0.3) is 0 Å². The molecule has 18 heavy (non-hydrogen) atoms. The molecule has 0 fully saturated rings. The number of hydrogen-bond donors (Lipinski definition) is 0. The SMILES string of the molecule is CCC(=N[S+]([O-])C(C)(C)C)c1cnc(S(C)=O)s1. The number of rotatable bonds is 4. The molecule has 0 radical (unpaired) electrons. The molecule has 0 saturated heterocycles. The maximum atomic E-state index is 12.0. The Morgan fingerprint density at radius 1 is 1.61 bits per heavy atom. The molecule has 0 aromatic carbocycles. The molecule has 0 aliphatic carbocycles. The van der Waals surface area contributed by atoms with Gasteiger partial charge in [-0.3, -0.25) is 4.21 Å². The van der Waals surface area contributed by atoms with Gasteiger partial charge in [-0.2, -0.15) is 0 Å². The molecule has 1 heterocycles. The van der Waals surface area contributed by atoms with Crippen LogP contribution in [0.15, 0.2) is 14.9 Å². The molecular weight excluding hydrogens is 288 g/mol. The number of nitrogens with zero attached hydrogens (tertiary/aromatic N) is 2. The Morgan fingerprint density at radius 3 is 2.61 bits per heavy atom. The summed E-state index contributed by atoms with van der Waals surface area (Å²) >= 11 is 0.0716. The van der Waals surface area contributed by atoms with Gasteiger partial charge in [0.15, 0.2) is 4.34 Å². The standard InChI is InChI=1S/C11H18N2O2S3/c1-6-8(13-18(15)11(2,3)4)9-7-12-10(16-9)17(5)14/h7H,6H2,1-5H3. The Kier molecular flexibility index (Phi) is 5.51. The van der Waals surface area contributed by atoms with E-state index in [4.69, 9.17) is 0 Å². The van der Waals surface area contributed by atoms with E-state index in [1.165, 1.54) is 11.3 Å². The number of hydrogen-bond acceptors (Lipinski definition) is 5. The lowest BCUT2D eigenvalue weighted by atomic mass is 10.3. The van der Waals surface area contributed by atoms with E-state index in [1.807, 2.05) is 27.7 Å². The van der Waals surface area contributed by atoms with Crippen LogP contribution in [-0.2, 0) is 22.2 Å². The monoisotopic (exact) mass is 306 g/mol. The molecular formula is C11H18N2O2S3. The Hall–Kier alpha value is -0.240. The first kappa shape index (κ1) is 15.8. The maximum absolute atomic E-state index is 12.0. The summed E-state index contributed by atoms with van der Waals surface area (Å²) in [5.74, 6) is 0. The lowest BCUT2D eigenvalue weighted by Crippen LogP contribution is -2.26. The van der Waals surface area contributed by atoms with Gasteiger partial charge in [-0.05, 0) is 27.2 Å². The first-order valence-corrected chi connectivity index (χ1v) is 9.03. The van der Waals surface area contributed by atoms with Gasteiger partial charge >= 0.3 is 0 Å².